The van der Waals surface area contributed by atoms with Crippen LogP contribution in [0.3, 0.4) is 0 Å². The van der Waals surface area contributed by atoms with E-state index in [1.165, 1.54) is 6.92 Å². The Balaban J connectivity index is 2.95. The van der Waals surface area contributed by atoms with Crippen LogP contribution in [0.5, 0.6) is 0 Å². The van der Waals surface area contributed by atoms with Crippen LogP contribution >= 0.6 is 22.6 Å². The predicted molar refractivity (Wildman–Crippen MR) is 63.4 cm³/mol. The van der Waals surface area contributed by atoms with E-state index in [0.717, 1.165) is 9.13 Å². The number of ketones is 1. The molecule has 0 saturated heterocycles. The van der Waals surface area contributed by atoms with Crippen LogP contribution in [0.2, 0.25) is 0 Å². The zero-order valence-corrected chi connectivity index (χ0v) is 9.85. The molecule has 0 spiro atoms. The maximum Gasteiger partial charge on any atom is 0.488 e. The normalized spacial score (nSPS) is 10.0. The maximum atomic E-state index is 10.9. The van der Waals surface area contributed by atoms with Gasteiger partial charge in [-0.3, -0.25) is 4.79 Å². The van der Waals surface area contributed by atoms with Crippen LogP contribution in [0, 0.1) is 3.57 Å². The average Bonchev–Trinajstić information content (AvgIpc) is 2.07. The van der Waals surface area contributed by atoms with Gasteiger partial charge in [-0.05, 0) is 46.6 Å². The summed E-state index contributed by atoms with van der Waals surface area (Å²) >= 11 is 2.08. The van der Waals surface area contributed by atoms with Crippen molar-refractivity contribution < 1.29 is 14.8 Å². The molecule has 0 aliphatic heterocycles. The quantitative estimate of drug-likeness (QED) is 0.615. The van der Waals surface area contributed by atoms with E-state index >= 15 is 0 Å². The minimum atomic E-state index is -1.45. The number of Topliss-reactive ketones (excluding diaryl/α,β-unsaturated/α-hetero) is 1. The third-order valence-corrected chi connectivity index (χ3v) is 2.82. The molecule has 1 aromatic carbocycles. The Kier molecular flexibility index (Phi) is 4.09. The molecular formula is C9H10BIO3. The highest BCUT2D eigenvalue weighted by Crippen LogP contribution is 2.11. The van der Waals surface area contributed by atoms with Gasteiger partial charge < -0.3 is 10.0 Å². The van der Waals surface area contributed by atoms with Crippen LogP contribution in [0.15, 0.2) is 18.2 Å². The van der Waals surface area contributed by atoms with E-state index in [1.54, 1.807) is 18.2 Å². The summed E-state index contributed by atoms with van der Waals surface area (Å²) in [7, 11) is -1.45. The lowest BCUT2D eigenvalue weighted by atomic mass is 9.80. The highest BCUT2D eigenvalue weighted by Gasteiger charge is 2.12. The van der Waals surface area contributed by atoms with Crippen LogP contribution in [0.25, 0.3) is 0 Å². The van der Waals surface area contributed by atoms with Crippen molar-refractivity contribution in [3.8, 4) is 0 Å². The number of rotatable bonds is 3. The minimum absolute atomic E-state index is 0.0974. The third kappa shape index (κ3) is 3.07. The summed E-state index contributed by atoms with van der Waals surface area (Å²) < 4.78 is 0.878. The second kappa shape index (κ2) is 4.90. The van der Waals surface area contributed by atoms with Gasteiger partial charge in [0, 0.05) is 9.99 Å². The molecule has 0 bridgehead atoms. The number of hydrogen-bond acceptors (Lipinski definition) is 3. The van der Waals surface area contributed by atoms with Crippen molar-refractivity contribution in [3.05, 3.63) is 27.3 Å². The standard InChI is InChI=1S/C9H10BIO3/c1-6(12)4-7-2-3-8(10(13)14)5-9(7)11/h2-3,5,13-14H,4H2,1H3. The van der Waals surface area contributed by atoms with Crippen molar-refractivity contribution in [1.29, 1.82) is 0 Å². The van der Waals surface area contributed by atoms with E-state index in [9.17, 15) is 4.79 Å². The molecule has 1 aromatic rings. The molecule has 0 saturated carbocycles. The van der Waals surface area contributed by atoms with Crippen LogP contribution in [0.1, 0.15) is 12.5 Å². The molecule has 0 heterocycles. The molecule has 0 unspecified atom stereocenters. The van der Waals surface area contributed by atoms with Crippen molar-refractivity contribution in [1.82, 2.24) is 0 Å². The Labute approximate surface area is 96.4 Å². The molecule has 14 heavy (non-hydrogen) atoms. The van der Waals surface area contributed by atoms with Crippen molar-refractivity contribution in [2.24, 2.45) is 0 Å². The molecule has 3 nitrogen and oxygen atoms in total. The first-order chi connectivity index (χ1) is 6.50. The first kappa shape index (κ1) is 11.7. The number of carbonyl (C=O) groups is 1. The molecule has 0 aromatic heterocycles. The topological polar surface area (TPSA) is 57.5 Å². The van der Waals surface area contributed by atoms with Crippen LogP contribution in [-0.4, -0.2) is 22.9 Å². The SMILES string of the molecule is CC(=O)Cc1ccc(B(O)O)cc1I. The molecule has 0 atom stereocenters. The van der Waals surface area contributed by atoms with Crippen LogP contribution < -0.4 is 5.46 Å². The molecule has 0 amide bonds. The van der Waals surface area contributed by atoms with Gasteiger partial charge in [-0.25, -0.2) is 0 Å². The molecule has 5 heteroatoms. The Morgan fingerprint density at radius 2 is 2.14 bits per heavy atom. The van der Waals surface area contributed by atoms with E-state index in [-0.39, 0.29) is 5.78 Å². The molecule has 2 N–H and O–H groups in total. The fraction of sp³-hybridized carbons (Fsp3) is 0.222. The van der Waals surface area contributed by atoms with Gasteiger partial charge in [-0.1, -0.05) is 12.1 Å². The van der Waals surface area contributed by atoms with Gasteiger partial charge in [0.25, 0.3) is 0 Å². The second-order valence-electron chi connectivity index (χ2n) is 3.10. The van der Waals surface area contributed by atoms with Crippen molar-refractivity contribution in [2.75, 3.05) is 0 Å². The van der Waals surface area contributed by atoms with Gasteiger partial charge in [0.2, 0.25) is 0 Å². The number of halogens is 1. The Hall–Kier alpha value is -0.395. The summed E-state index contributed by atoms with van der Waals surface area (Å²) in [6.07, 6.45) is 0.389. The second-order valence-corrected chi connectivity index (χ2v) is 4.27. The highest BCUT2D eigenvalue weighted by atomic mass is 127. The first-order valence-corrected chi connectivity index (χ1v) is 5.22. The molecular weight excluding hydrogens is 294 g/mol. The summed E-state index contributed by atoms with van der Waals surface area (Å²) in [6, 6.07) is 5.03. The van der Waals surface area contributed by atoms with Crippen LogP contribution in [0.4, 0.5) is 0 Å². The smallest absolute Gasteiger partial charge is 0.423 e. The van der Waals surface area contributed by atoms with Gasteiger partial charge in [0.1, 0.15) is 5.78 Å². The molecule has 0 aliphatic carbocycles. The fourth-order valence-corrected chi connectivity index (χ4v) is 1.87. The molecule has 0 radical (unpaired) electrons. The van der Waals surface area contributed by atoms with E-state index < -0.39 is 7.12 Å². The maximum absolute atomic E-state index is 10.9. The van der Waals surface area contributed by atoms with Gasteiger partial charge in [0.15, 0.2) is 0 Å². The van der Waals surface area contributed by atoms with Gasteiger partial charge in [0.05, 0.1) is 0 Å². The molecule has 0 fully saturated rings. The lowest BCUT2D eigenvalue weighted by Crippen LogP contribution is -2.30. The molecule has 74 valence electrons. The van der Waals surface area contributed by atoms with Gasteiger partial charge in [-0.15, -0.1) is 0 Å². The van der Waals surface area contributed by atoms with E-state index in [2.05, 4.69) is 22.6 Å². The first-order valence-electron chi connectivity index (χ1n) is 4.14. The van der Waals surface area contributed by atoms with Gasteiger partial charge in [-0.2, -0.15) is 0 Å². The van der Waals surface area contributed by atoms with Gasteiger partial charge >= 0.3 is 7.12 Å². The van der Waals surface area contributed by atoms with E-state index in [0.29, 0.717) is 11.9 Å². The lowest BCUT2D eigenvalue weighted by molar-refractivity contribution is -0.116. The van der Waals surface area contributed by atoms with Crippen LogP contribution in [-0.2, 0) is 11.2 Å². The summed E-state index contributed by atoms with van der Waals surface area (Å²) in [5.74, 6) is 0.0974. The number of hydrogen-bond donors (Lipinski definition) is 2. The summed E-state index contributed by atoms with van der Waals surface area (Å²) in [5, 5.41) is 17.8. The summed E-state index contributed by atoms with van der Waals surface area (Å²) in [4.78, 5) is 10.9. The monoisotopic (exact) mass is 304 g/mol. The Bertz CT molecular complexity index is 352. The minimum Gasteiger partial charge on any atom is -0.423 e. The average molecular weight is 304 g/mol. The zero-order chi connectivity index (χ0) is 10.7. The number of benzene rings is 1. The zero-order valence-electron chi connectivity index (χ0n) is 7.70. The van der Waals surface area contributed by atoms with Crippen molar-refractivity contribution in [3.63, 3.8) is 0 Å². The predicted octanol–water partition coefficient (Wildman–Crippen LogP) is 0.103. The summed E-state index contributed by atoms with van der Waals surface area (Å²) in [6.45, 7) is 1.53. The Morgan fingerprint density at radius 3 is 2.57 bits per heavy atom. The molecule has 0 aliphatic rings. The molecule has 1 rings (SSSR count). The summed E-state index contributed by atoms with van der Waals surface area (Å²) in [5.41, 5.74) is 1.37. The van der Waals surface area contributed by atoms with E-state index in [1.807, 2.05) is 0 Å². The highest BCUT2D eigenvalue weighted by molar-refractivity contribution is 14.1. The van der Waals surface area contributed by atoms with Crippen molar-refractivity contribution in [2.45, 2.75) is 13.3 Å². The third-order valence-electron chi connectivity index (χ3n) is 1.81. The largest absolute Gasteiger partial charge is 0.488 e. The fourth-order valence-electron chi connectivity index (χ4n) is 1.14. The van der Waals surface area contributed by atoms with E-state index in [4.69, 9.17) is 10.0 Å². The van der Waals surface area contributed by atoms with Crippen molar-refractivity contribution >= 4 is 41.0 Å². The Morgan fingerprint density at radius 1 is 1.50 bits per heavy atom. The number of carbonyl (C=O) groups excluding carboxylic acids is 1. The lowest BCUT2D eigenvalue weighted by Gasteiger charge is -2.05.